The molecule has 0 aliphatic rings. The number of nitrogens with one attached hydrogen (secondary N) is 2. The molecule has 0 radical (unpaired) electrons. The lowest BCUT2D eigenvalue weighted by molar-refractivity contribution is -0.146. The van der Waals surface area contributed by atoms with Crippen molar-refractivity contribution in [1.82, 2.24) is 10.2 Å². The van der Waals surface area contributed by atoms with Gasteiger partial charge in [0.1, 0.15) is 5.25 Å². The summed E-state index contributed by atoms with van der Waals surface area (Å²) in [5.74, 6) is -1.13. The smallest absolute Gasteiger partial charge is 0.322 e. The molecule has 0 spiro atoms. The number of benzene rings is 2. The second-order valence-corrected chi connectivity index (χ2v) is 8.13. The number of carbonyl (C=O) groups excluding carboxylic acids is 3. The number of ether oxygens (including phenoxy) is 1. The Morgan fingerprint density at radius 3 is 2.44 bits per heavy atom. The number of anilines is 2. The van der Waals surface area contributed by atoms with E-state index in [0.29, 0.717) is 11.3 Å². The molecule has 1 unspecified atom stereocenters. The molecular formula is C22H22N4O5S. The maximum Gasteiger partial charge on any atom is 0.322 e. The molecule has 3 rings (SSSR count). The number of nitrogens with zero attached hydrogens (tertiary/aromatic N) is 2. The number of hydrogen-bond acceptors (Lipinski definition) is 8. The Hall–Kier alpha value is -3.66. The zero-order valence-electron chi connectivity index (χ0n) is 17.5. The number of aromatic nitrogens is 2. The third kappa shape index (κ3) is 6.95. The van der Waals surface area contributed by atoms with Gasteiger partial charge in [-0.25, -0.2) is 0 Å². The van der Waals surface area contributed by atoms with Gasteiger partial charge in [-0.05, 0) is 38.1 Å². The van der Waals surface area contributed by atoms with E-state index in [1.165, 1.54) is 0 Å². The summed E-state index contributed by atoms with van der Waals surface area (Å²) in [6.45, 7) is 3.05. The maximum atomic E-state index is 12.1. The first-order valence-electron chi connectivity index (χ1n) is 9.74. The van der Waals surface area contributed by atoms with E-state index in [9.17, 15) is 14.4 Å². The molecule has 0 bridgehead atoms. The zero-order valence-corrected chi connectivity index (χ0v) is 18.3. The van der Waals surface area contributed by atoms with Gasteiger partial charge in [-0.2, -0.15) is 0 Å². The van der Waals surface area contributed by atoms with Crippen LogP contribution >= 0.6 is 11.8 Å². The number of hydrogen-bond donors (Lipinski definition) is 2. The molecule has 2 N–H and O–H groups in total. The van der Waals surface area contributed by atoms with Gasteiger partial charge >= 0.3 is 12.0 Å². The van der Waals surface area contributed by atoms with Crippen molar-refractivity contribution < 1.29 is 23.5 Å². The van der Waals surface area contributed by atoms with E-state index in [2.05, 4.69) is 20.8 Å². The van der Waals surface area contributed by atoms with Gasteiger partial charge in [-0.1, -0.05) is 41.0 Å². The molecule has 9 nitrogen and oxygen atoms in total. The van der Waals surface area contributed by atoms with Crippen molar-refractivity contribution in [3.8, 4) is 11.5 Å². The standard InChI is InChI=1S/C22H22N4O5S/c1-14-8-10-17(11-9-14)23-19(28)13-32-15(2)21(29)30-12-18(27)24-22-26-25-20(31-22)16-6-4-3-5-7-16/h3-11,15H,12-13H2,1-2H3,(H,23,28)(H,24,26,27). The Bertz CT molecular complexity index is 1070. The Kier molecular flexibility index (Phi) is 7.98. The first-order chi connectivity index (χ1) is 15.4. The number of aryl methyl sites for hydroxylation is 1. The van der Waals surface area contributed by atoms with Crippen LogP contribution in [0.15, 0.2) is 59.0 Å². The summed E-state index contributed by atoms with van der Waals surface area (Å²) < 4.78 is 10.4. The first kappa shape index (κ1) is 23.0. The fourth-order valence-corrected chi connectivity index (χ4v) is 3.16. The Morgan fingerprint density at radius 1 is 1.00 bits per heavy atom. The topological polar surface area (TPSA) is 123 Å². The van der Waals surface area contributed by atoms with Gasteiger partial charge in [0.2, 0.25) is 11.8 Å². The molecule has 0 aliphatic carbocycles. The van der Waals surface area contributed by atoms with Gasteiger partial charge in [0, 0.05) is 11.3 Å². The van der Waals surface area contributed by atoms with Crippen molar-refractivity contribution >= 4 is 41.2 Å². The van der Waals surface area contributed by atoms with Crippen LogP contribution in [0.2, 0.25) is 0 Å². The molecule has 2 amide bonds. The summed E-state index contributed by atoms with van der Waals surface area (Å²) in [7, 11) is 0. The Balaban J connectivity index is 1.38. The summed E-state index contributed by atoms with van der Waals surface area (Å²) in [6.07, 6.45) is 0. The normalized spacial score (nSPS) is 11.4. The first-order valence-corrected chi connectivity index (χ1v) is 10.8. The van der Waals surface area contributed by atoms with Gasteiger partial charge in [0.05, 0.1) is 5.75 Å². The van der Waals surface area contributed by atoms with E-state index in [0.717, 1.165) is 17.3 Å². The molecule has 0 saturated heterocycles. The Morgan fingerprint density at radius 2 is 1.72 bits per heavy atom. The van der Waals surface area contributed by atoms with Crippen molar-refractivity contribution in [1.29, 1.82) is 0 Å². The van der Waals surface area contributed by atoms with Crippen molar-refractivity contribution in [3.05, 3.63) is 60.2 Å². The molecule has 2 aromatic carbocycles. The average molecular weight is 455 g/mol. The van der Waals surface area contributed by atoms with Crippen molar-refractivity contribution in [2.75, 3.05) is 23.0 Å². The van der Waals surface area contributed by atoms with Crippen LogP contribution in [0, 0.1) is 6.92 Å². The van der Waals surface area contributed by atoms with E-state index in [1.807, 2.05) is 37.3 Å². The van der Waals surface area contributed by atoms with Crippen LogP contribution < -0.4 is 10.6 Å². The minimum Gasteiger partial charge on any atom is -0.455 e. The SMILES string of the molecule is Cc1ccc(NC(=O)CSC(C)C(=O)OCC(=O)Nc2nnc(-c3ccccc3)o2)cc1. The largest absolute Gasteiger partial charge is 0.455 e. The van der Waals surface area contributed by atoms with Gasteiger partial charge in [0.15, 0.2) is 6.61 Å². The molecule has 3 aromatic rings. The lowest BCUT2D eigenvalue weighted by atomic mass is 10.2. The molecular weight excluding hydrogens is 432 g/mol. The summed E-state index contributed by atoms with van der Waals surface area (Å²) in [5, 5.41) is 12.1. The number of rotatable bonds is 9. The number of carbonyl (C=O) groups is 3. The van der Waals surface area contributed by atoms with Crippen LogP contribution in [0.1, 0.15) is 12.5 Å². The molecule has 1 aromatic heterocycles. The van der Waals surface area contributed by atoms with E-state index >= 15 is 0 Å². The van der Waals surface area contributed by atoms with Crippen molar-refractivity contribution in [2.45, 2.75) is 19.1 Å². The quantitative estimate of drug-likeness (QED) is 0.472. The molecule has 0 fully saturated rings. The van der Waals surface area contributed by atoms with Crippen molar-refractivity contribution in [3.63, 3.8) is 0 Å². The Labute approximate surface area is 188 Å². The van der Waals surface area contributed by atoms with E-state index in [1.54, 1.807) is 31.2 Å². The third-order valence-electron chi connectivity index (χ3n) is 4.17. The monoisotopic (exact) mass is 454 g/mol. The van der Waals surface area contributed by atoms with E-state index in [4.69, 9.17) is 9.15 Å². The molecule has 1 atom stereocenters. The highest BCUT2D eigenvalue weighted by molar-refractivity contribution is 8.01. The number of thioether (sulfide) groups is 1. The van der Waals surface area contributed by atoms with Crippen LogP contribution in [0.25, 0.3) is 11.5 Å². The van der Waals surface area contributed by atoms with Crippen LogP contribution in [-0.2, 0) is 19.1 Å². The van der Waals surface area contributed by atoms with Gasteiger partial charge in [-0.3, -0.25) is 19.7 Å². The highest BCUT2D eigenvalue weighted by Gasteiger charge is 2.19. The highest BCUT2D eigenvalue weighted by Crippen LogP contribution is 2.19. The predicted octanol–water partition coefficient (Wildman–Crippen LogP) is 3.29. The maximum absolute atomic E-state index is 12.1. The number of amides is 2. The number of esters is 1. The lowest BCUT2D eigenvalue weighted by Crippen LogP contribution is -2.26. The fraction of sp³-hybridized carbons (Fsp3) is 0.227. The highest BCUT2D eigenvalue weighted by atomic mass is 32.2. The average Bonchev–Trinajstić information content (AvgIpc) is 3.26. The van der Waals surface area contributed by atoms with Crippen LogP contribution in [0.4, 0.5) is 11.7 Å². The summed E-state index contributed by atoms with van der Waals surface area (Å²) in [6, 6.07) is 16.4. The van der Waals surface area contributed by atoms with Crippen LogP contribution in [-0.4, -0.2) is 45.6 Å². The second kappa shape index (κ2) is 11.1. The van der Waals surface area contributed by atoms with Gasteiger partial charge in [-0.15, -0.1) is 16.9 Å². The minimum absolute atomic E-state index is 0.0700. The molecule has 166 valence electrons. The second-order valence-electron chi connectivity index (χ2n) is 6.80. The third-order valence-corrected chi connectivity index (χ3v) is 5.29. The minimum atomic E-state index is -0.625. The lowest BCUT2D eigenvalue weighted by Gasteiger charge is -2.11. The summed E-state index contributed by atoms with van der Waals surface area (Å²) in [4.78, 5) is 36.1. The predicted molar refractivity (Wildman–Crippen MR) is 121 cm³/mol. The van der Waals surface area contributed by atoms with Gasteiger partial charge < -0.3 is 14.5 Å². The molecule has 10 heteroatoms. The molecule has 0 aliphatic heterocycles. The molecule has 1 heterocycles. The summed E-state index contributed by atoms with van der Waals surface area (Å²) in [5.41, 5.74) is 2.49. The van der Waals surface area contributed by atoms with E-state index in [-0.39, 0.29) is 23.6 Å². The van der Waals surface area contributed by atoms with Crippen LogP contribution in [0.3, 0.4) is 0 Å². The molecule has 32 heavy (non-hydrogen) atoms. The van der Waals surface area contributed by atoms with E-state index < -0.39 is 23.7 Å². The van der Waals surface area contributed by atoms with Crippen LogP contribution in [0.5, 0.6) is 0 Å². The zero-order chi connectivity index (χ0) is 22.9. The molecule has 0 saturated carbocycles. The van der Waals surface area contributed by atoms with Crippen molar-refractivity contribution in [2.24, 2.45) is 0 Å². The fourth-order valence-electron chi connectivity index (χ4n) is 2.48. The van der Waals surface area contributed by atoms with Gasteiger partial charge in [0.25, 0.3) is 5.91 Å². The summed E-state index contributed by atoms with van der Waals surface area (Å²) >= 11 is 1.11.